The Labute approximate surface area is 202 Å². The molecule has 3 aliphatic rings. The highest BCUT2D eigenvalue weighted by molar-refractivity contribution is 6.48. The minimum atomic E-state index is -0.320. The molecule has 2 atom stereocenters. The third-order valence-electron chi connectivity index (χ3n) is 8.12. The van der Waals surface area contributed by atoms with E-state index in [1.807, 2.05) is 0 Å². The van der Waals surface area contributed by atoms with E-state index in [-0.39, 0.29) is 24.1 Å². The van der Waals surface area contributed by atoms with Crippen LogP contribution in [0.3, 0.4) is 0 Å². The zero-order valence-electron chi connectivity index (χ0n) is 20.5. The lowest BCUT2D eigenvalue weighted by Gasteiger charge is -2.32. The van der Waals surface area contributed by atoms with Crippen molar-refractivity contribution in [2.75, 3.05) is 0 Å². The summed E-state index contributed by atoms with van der Waals surface area (Å²) in [5.74, 6) is 0.187. The molecule has 0 N–H and O–H groups in total. The summed E-state index contributed by atoms with van der Waals surface area (Å²) in [7, 11) is -0.235. The van der Waals surface area contributed by atoms with Gasteiger partial charge in [0.25, 0.3) is 0 Å². The molecule has 0 spiro atoms. The molecule has 34 heavy (non-hydrogen) atoms. The first-order valence-corrected chi connectivity index (χ1v) is 12.4. The van der Waals surface area contributed by atoms with Crippen LogP contribution < -0.4 is 0 Å². The van der Waals surface area contributed by atoms with Crippen molar-refractivity contribution in [1.82, 2.24) is 4.57 Å². The van der Waals surface area contributed by atoms with Crippen molar-refractivity contribution in [3.8, 4) is 0 Å². The van der Waals surface area contributed by atoms with Gasteiger partial charge in [-0.2, -0.15) is 0 Å². The monoisotopic (exact) mass is 449 g/mol. The van der Waals surface area contributed by atoms with Crippen LogP contribution in [0.15, 0.2) is 85.1 Å². The van der Waals surface area contributed by atoms with E-state index >= 15 is 0 Å². The number of aromatic nitrogens is 1. The first-order valence-electron chi connectivity index (χ1n) is 12.4. The Morgan fingerprint density at radius 3 is 2.47 bits per heavy atom. The minimum Gasteiger partial charge on any atom is -0.403 e. The van der Waals surface area contributed by atoms with Crippen LogP contribution in [0.25, 0.3) is 27.2 Å². The number of nitrogens with zero attached hydrogens (tertiary/aromatic N) is 1. The molecule has 3 nitrogen and oxygen atoms in total. The van der Waals surface area contributed by atoms with Crippen LogP contribution in [-0.2, 0) is 9.31 Å². The van der Waals surface area contributed by atoms with E-state index in [0.29, 0.717) is 6.04 Å². The largest absolute Gasteiger partial charge is 0.465 e. The van der Waals surface area contributed by atoms with Gasteiger partial charge in [-0.15, -0.1) is 0 Å². The summed E-state index contributed by atoms with van der Waals surface area (Å²) in [6.45, 7) is 8.51. The van der Waals surface area contributed by atoms with Gasteiger partial charge < -0.3 is 13.9 Å². The molecule has 2 aromatic carbocycles. The fourth-order valence-electron chi connectivity index (χ4n) is 5.48. The molecule has 0 radical (unpaired) electrons. The van der Waals surface area contributed by atoms with Crippen LogP contribution in [-0.4, -0.2) is 22.9 Å². The predicted octanol–water partition coefficient (Wildman–Crippen LogP) is 7.66. The molecule has 1 aromatic heterocycles. The van der Waals surface area contributed by atoms with Crippen molar-refractivity contribution >= 4 is 34.4 Å². The van der Waals surface area contributed by atoms with Gasteiger partial charge in [-0.1, -0.05) is 72.9 Å². The number of benzene rings is 2. The number of hydrogen-bond acceptors (Lipinski definition) is 2. The Balaban J connectivity index is 1.44. The molecule has 2 aliphatic carbocycles. The second-order valence-corrected chi connectivity index (χ2v) is 10.8. The Kier molecular flexibility index (Phi) is 5.02. The van der Waals surface area contributed by atoms with E-state index in [4.69, 9.17) is 9.31 Å². The number of rotatable bonds is 3. The lowest BCUT2D eigenvalue weighted by atomic mass is 9.66. The second-order valence-electron chi connectivity index (χ2n) is 10.8. The zero-order chi connectivity index (χ0) is 23.5. The lowest BCUT2D eigenvalue weighted by Crippen LogP contribution is -2.41. The highest BCUT2D eigenvalue weighted by Crippen LogP contribution is 2.45. The molecule has 1 fully saturated rings. The average Bonchev–Trinajstić information content (AvgIpc) is 3.34. The third kappa shape index (κ3) is 3.43. The van der Waals surface area contributed by atoms with E-state index in [0.717, 1.165) is 12.8 Å². The van der Waals surface area contributed by atoms with Gasteiger partial charge in [-0.3, -0.25) is 0 Å². The molecular formula is C30H32BNO2. The molecule has 4 heteroatoms. The summed E-state index contributed by atoms with van der Waals surface area (Å²) in [6.07, 6.45) is 19.9. The van der Waals surface area contributed by atoms with Gasteiger partial charge in [0.1, 0.15) is 0 Å². The normalized spacial score (nSPS) is 25.4. The maximum Gasteiger partial charge on any atom is 0.465 e. The molecule has 1 saturated heterocycles. The Morgan fingerprint density at radius 1 is 0.912 bits per heavy atom. The molecule has 0 saturated carbocycles. The zero-order valence-corrected chi connectivity index (χ0v) is 20.5. The summed E-state index contributed by atoms with van der Waals surface area (Å²) in [6, 6.07) is 13.6. The van der Waals surface area contributed by atoms with E-state index in [2.05, 4.69) is 117 Å². The van der Waals surface area contributed by atoms with E-state index in [1.54, 1.807) is 0 Å². The minimum absolute atomic E-state index is 0.187. The highest BCUT2D eigenvalue weighted by Gasteiger charge is 2.53. The fourth-order valence-corrected chi connectivity index (χ4v) is 5.48. The summed E-state index contributed by atoms with van der Waals surface area (Å²) in [5, 5.41) is 3.93. The number of hydrogen-bond donors (Lipinski definition) is 0. The van der Waals surface area contributed by atoms with Crippen molar-refractivity contribution in [3.63, 3.8) is 0 Å². The smallest absolute Gasteiger partial charge is 0.403 e. The van der Waals surface area contributed by atoms with Gasteiger partial charge >= 0.3 is 7.12 Å². The number of fused-ring (bicyclic) bond motifs is 3. The van der Waals surface area contributed by atoms with Crippen LogP contribution in [0.1, 0.15) is 52.1 Å². The highest BCUT2D eigenvalue weighted by atomic mass is 16.7. The Hall–Kier alpha value is -2.82. The summed E-state index contributed by atoms with van der Waals surface area (Å²) >= 11 is 0. The topological polar surface area (TPSA) is 23.4 Å². The van der Waals surface area contributed by atoms with Crippen LogP contribution in [0.4, 0.5) is 0 Å². The summed E-state index contributed by atoms with van der Waals surface area (Å²) in [4.78, 5) is 0. The van der Waals surface area contributed by atoms with Crippen LogP contribution >= 0.6 is 0 Å². The van der Waals surface area contributed by atoms with Gasteiger partial charge in [0.05, 0.1) is 17.2 Å². The lowest BCUT2D eigenvalue weighted by molar-refractivity contribution is 0.00578. The maximum atomic E-state index is 6.42. The van der Waals surface area contributed by atoms with Gasteiger partial charge in [0.2, 0.25) is 0 Å². The van der Waals surface area contributed by atoms with Crippen molar-refractivity contribution in [2.45, 2.75) is 63.6 Å². The Morgan fingerprint density at radius 2 is 1.71 bits per heavy atom. The van der Waals surface area contributed by atoms with Gasteiger partial charge in [-0.05, 0) is 62.9 Å². The van der Waals surface area contributed by atoms with Crippen molar-refractivity contribution in [2.24, 2.45) is 0 Å². The average molecular weight is 449 g/mol. The summed E-state index contributed by atoms with van der Waals surface area (Å²) in [5.41, 5.74) is 3.32. The first-order chi connectivity index (χ1) is 16.3. The summed E-state index contributed by atoms with van der Waals surface area (Å²) < 4.78 is 15.3. The van der Waals surface area contributed by atoms with E-state index in [1.165, 1.54) is 32.8 Å². The maximum absolute atomic E-state index is 6.42. The standard InChI is InChI=1S/C30H32BNO2/c1-29(2)30(3,4)34-31(33-29)23-13-10-12-22(19-23)26-20-32(24-14-6-5-7-15-24)27-18-17-21-11-8-9-16-25(21)28(26)27/h5-14,16-18,20,23-24H,15,19H2,1-4H3. The molecule has 0 bridgehead atoms. The molecule has 1 aliphatic heterocycles. The fraction of sp³-hybridized carbons (Fsp3) is 0.333. The molecular weight excluding hydrogens is 417 g/mol. The molecule has 172 valence electrons. The van der Waals surface area contributed by atoms with Crippen LogP contribution in [0, 0.1) is 0 Å². The van der Waals surface area contributed by atoms with Gasteiger partial charge in [0, 0.05) is 28.5 Å². The first kappa shape index (κ1) is 21.7. The van der Waals surface area contributed by atoms with Gasteiger partial charge in [-0.25, -0.2) is 0 Å². The van der Waals surface area contributed by atoms with Crippen molar-refractivity contribution < 1.29 is 9.31 Å². The van der Waals surface area contributed by atoms with Crippen molar-refractivity contribution in [1.29, 1.82) is 0 Å². The third-order valence-corrected chi connectivity index (χ3v) is 8.12. The van der Waals surface area contributed by atoms with Gasteiger partial charge in [0.15, 0.2) is 0 Å². The molecule has 2 unspecified atom stereocenters. The Bertz CT molecular complexity index is 1370. The molecule has 0 amide bonds. The van der Waals surface area contributed by atoms with Crippen LogP contribution in [0.5, 0.6) is 0 Å². The SMILES string of the molecule is CC1(C)OB(C2C=CC=C(c3cn(C4C=CC=CC4)c4ccc5ccccc5c34)C2)OC1(C)C. The van der Waals surface area contributed by atoms with Crippen molar-refractivity contribution in [3.05, 3.63) is 90.7 Å². The quantitative estimate of drug-likeness (QED) is 0.383. The molecule has 6 rings (SSSR count). The molecule has 2 heterocycles. The molecule has 3 aromatic rings. The second kappa shape index (κ2) is 7.86. The number of allylic oxidation sites excluding steroid dienone is 8. The van der Waals surface area contributed by atoms with Crippen LogP contribution in [0.2, 0.25) is 5.82 Å². The van der Waals surface area contributed by atoms with E-state index in [9.17, 15) is 0 Å². The predicted molar refractivity (Wildman–Crippen MR) is 143 cm³/mol. The van der Waals surface area contributed by atoms with E-state index < -0.39 is 0 Å².